The number of aryl methyl sites for hydroxylation is 1. The van der Waals surface area contributed by atoms with Gasteiger partial charge in [0.05, 0.1) is 9.92 Å². The van der Waals surface area contributed by atoms with Crippen LogP contribution in [0.2, 0.25) is 10.0 Å². The number of halogens is 2. The summed E-state index contributed by atoms with van der Waals surface area (Å²) in [5.74, 6) is -0.422. The number of ether oxygens (including phenoxy) is 1. The van der Waals surface area contributed by atoms with Crippen LogP contribution < -0.4 is 4.74 Å². The zero-order valence-corrected chi connectivity index (χ0v) is 21.3. The lowest BCUT2D eigenvalue weighted by atomic mass is 10.0. The van der Waals surface area contributed by atoms with Crippen LogP contribution in [0.15, 0.2) is 53.4 Å². The van der Waals surface area contributed by atoms with Crippen LogP contribution in [-0.2, 0) is 14.8 Å². The summed E-state index contributed by atoms with van der Waals surface area (Å²) >= 11 is 12.5. The maximum absolute atomic E-state index is 12.8. The molecule has 10 heteroatoms. The van der Waals surface area contributed by atoms with Gasteiger partial charge in [-0.25, -0.2) is 8.42 Å². The fourth-order valence-corrected chi connectivity index (χ4v) is 5.32. The molecule has 2 aromatic rings. The van der Waals surface area contributed by atoms with Crippen LogP contribution in [0.5, 0.6) is 5.75 Å². The van der Waals surface area contributed by atoms with E-state index in [1.54, 1.807) is 29.2 Å². The molecule has 2 aromatic carbocycles. The molecule has 0 N–H and O–H groups in total. The number of carbonyl (C=O) groups is 2. The van der Waals surface area contributed by atoms with Crippen molar-refractivity contribution in [2.75, 3.05) is 32.8 Å². The van der Waals surface area contributed by atoms with Gasteiger partial charge in [0, 0.05) is 31.7 Å². The van der Waals surface area contributed by atoms with Crippen molar-refractivity contribution in [1.82, 2.24) is 9.21 Å². The van der Waals surface area contributed by atoms with E-state index in [0.29, 0.717) is 12.0 Å². The number of hydrogen-bond acceptors (Lipinski definition) is 5. The highest BCUT2D eigenvalue weighted by Crippen LogP contribution is 2.36. The zero-order valence-electron chi connectivity index (χ0n) is 19.0. The molecule has 0 aliphatic carbocycles. The molecule has 0 bridgehead atoms. The maximum atomic E-state index is 12.8. The van der Waals surface area contributed by atoms with Crippen molar-refractivity contribution >= 4 is 44.9 Å². The molecule has 34 heavy (non-hydrogen) atoms. The molecule has 3 rings (SSSR count). The highest BCUT2D eigenvalue weighted by molar-refractivity contribution is 7.89. The van der Waals surface area contributed by atoms with Gasteiger partial charge in [-0.2, -0.15) is 4.31 Å². The molecule has 1 fully saturated rings. The van der Waals surface area contributed by atoms with Crippen LogP contribution in [0.25, 0.3) is 0 Å². The maximum Gasteiger partial charge on any atom is 0.260 e. The highest BCUT2D eigenvalue weighted by atomic mass is 35.5. The average molecular weight is 525 g/mol. The predicted molar refractivity (Wildman–Crippen MR) is 132 cm³/mol. The second-order valence-electron chi connectivity index (χ2n) is 7.91. The minimum atomic E-state index is -3.61. The first-order chi connectivity index (χ1) is 16.1. The number of benzene rings is 2. The van der Waals surface area contributed by atoms with Crippen molar-refractivity contribution in [2.24, 2.45) is 0 Å². The molecule has 1 aliphatic rings. The SMILES string of the molecule is C=C(CC)C(=O)c1ccc(OCC(=O)N2CCN(S(=O)(=O)c3ccc(C)cc3)CC2)c(Cl)c1Cl. The molecule has 182 valence electrons. The van der Waals surface area contributed by atoms with Crippen LogP contribution in [0.4, 0.5) is 0 Å². The predicted octanol–water partition coefficient (Wildman–Crippen LogP) is 4.36. The molecule has 1 heterocycles. The first-order valence-electron chi connectivity index (χ1n) is 10.7. The fourth-order valence-electron chi connectivity index (χ4n) is 3.44. The monoisotopic (exact) mass is 524 g/mol. The first kappa shape index (κ1) is 26.2. The third-order valence-electron chi connectivity index (χ3n) is 5.64. The number of hydrogen-bond donors (Lipinski definition) is 0. The van der Waals surface area contributed by atoms with Crippen molar-refractivity contribution in [2.45, 2.75) is 25.2 Å². The van der Waals surface area contributed by atoms with Gasteiger partial charge in [-0.3, -0.25) is 9.59 Å². The Hall–Kier alpha value is -2.39. The third kappa shape index (κ3) is 5.63. The van der Waals surface area contributed by atoms with Crippen LogP contribution in [-0.4, -0.2) is 62.1 Å². The molecule has 0 spiro atoms. The molecule has 0 radical (unpaired) electrons. The number of rotatable bonds is 8. The molecular formula is C24H26Cl2N2O5S. The van der Waals surface area contributed by atoms with Gasteiger partial charge in [-0.1, -0.05) is 54.4 Å². The van der Waals surface area contributed by atoms with Gasteiger partial charge in [-0.15, -0.1) is 0 Å². The van der Waals surface area contributed by atoms with E-state index in [0.717, 1.165) is 5.56 Å². The summed E-state index contributed by atoms with van der Waals surface area (Å²) in [7, 11) is -3.61. The first-order valence-corrected chi connectivity index (χ1v) is 12.9. The van der Waals surface area contributed by atoms with E-state index in [9.17, 15) is 18.0 Å². The van der Waals surface area contributed by atoms with E-state index in [4.69, 9.17) is 27.9 Å². The summed E-state index contributed by atoms with van der Waals surface area (Å²) < 4.78 is 32.6. The van der Waals surface area contributed by atoms with Gasteiger partial charge in [0.25, 0.3) is 5.91 Å². The van der Waals surface area contributed by atoms with Crippen LogP contribution in [0.1, 0.15) is 29.3 Å². The second kappa shape index (κ2) is 10.9. The number of Topliss-reactive ketones (excluding diaryl/α,β-unsaturated/α-hetero) is 1. The van der Waals surface area contributed by atoms with Gasteiger partial charge in [-0.05, 0) is 43.2 Å². The van der Waals surface area contributed by atoms with Crippen molar-refractivity contribution < 1.29 is 22.7 Å². The number of ketones is 1. The second-order valence-corrected chi connectivity index (χ2v) is 10.6. The van der Waals surface area contributed by atoms with Crippen molar-refractivity contribution in [3.8, 4) is 5.75 Å². The van der Waals surface area contributed by atoms with Gasteiger partial charge in [0.2, 0.25) is 10.0 Å². The molecular weight excluding hydrogens is 499 g/mol. The standard InChI is InChI=1S/C24H26Cl2N2O5S/c1-4-17(3)24(30)19-9-10-20(23(26)22(19)25)33-15-21(29)27-11-13-28(14-12-27)34(31,32)18-7-5-16(2)6-8-18/h5-10H,3-4,11-15H2,1-2H3. The minimum Gasteiger partial charge on any atom is -0.482 e. The largest absolute Gasteiger partial charge is 0.482 e. The number of allylic oxidation sites excluding steroid dienone is 1. The summed E-state index contributed by atoms with van der Waals surface area (Å²) in [6, 6.07) is 9.66. The van der Waals surface area contributed by atoms with E-state index in [2.05, 4.69) is 6.58 Å². The summed E-state index contributed by atoms with van der Waals surface area (Å²) in [5, 5.41) is 0.0828. The molecule has 1 aliphatic heterocycles. The Kier molecular flexibility index (Phi) is 8.41. The van der Waals surface area contributed by atoms with Gasteiger partial charge in [0.1, 0.15) is 10.8 Å². The Bertz CT molecular complexity index is 1200. The lowest BCUT2D eigenvalue weighted by Crippen LogP contribution is -2.51. The quantitative estimate of drug-likeness (QED) is 0.378. The zero-order chi connectivity index (χ0) is 25.0. The molecule has 0 aromatic heterocycles. The summed E-state index contributed by atoms with van der Waals surface area (Å²) in [5.41, 5.74) is 1.61. The van der Waals surface area contributed by atoms with Crippen molar-refractivity contribution in [3.05, 3.63) is 69.7 Å². The number of carbonyl (C=O) groups excluding carboxylic acids is 2. The molecule has 0 saturated carbocycles. The highest BCUT2D eigenvalue weighted by Gasteiger charge is 2.30. The topological polar surface area (TPSA) is 84.0 Å². The van der Waals surface area contributed by atoms with E-state index in [-0.39, 0.29) is 70.7 Å². The Balaban J connectivity index is 1.59. The third-order valence-corrected chi connectivity index (χ3v) is 8.42. The Morgan fingerprint density at radius 2 is 1.62 bits per heavy atom. The summed E-state index contributed by atoms with van der Waals surface area (Å²) in [6.45, 7) is 7.99. The van der Waals surface area contributed by atoms with E-state index >= 15 is 0 Å². The van der Waals surface area contributed by atoms with Gasteiger partial charge >= 0.3 is 0 Å². The van der Waals surface area contributed by atoms with Crippen molar-refractivity contribution in [1.29, 1.82) is 0 Å². The van der Waals surface area contributed by atoms with Gasteiger partial charge in [0.15, 0.2) is 12.4 Å². The van der Waals surface area contributed by atoms with Gasteiger partial charge < -0.3 is 9.64 Å². The molecule has 1 amide bonds. The van der Waals surface area contributed by atoms with Crippen LogP contribution >= 0.6 is 23.2 Å². The Morgan fingerprint density at radius 1 is 1.00 bits per heavy atom. The summed E-state index contributed by atoms with van der Waals surface area (Å²) in [6.07, 6.45) is 0.485. The lowest BCUT2D eigenvalue weighted by molar-refractivity contribution is -0.134. The van der Waals surface area contributed by atoms with E-state index < -0.39 is 10.0 Å². The lowest BCUT2D eigenvalue weighted by Gasteiger charge is -2.34. The fraction of sp³-hybridized carbons (Fsp3) is 0.333. The van der Waals surface area contributed by atoms with Crippen LogP contribution in [0, 0.1) is 6.92 Å². The Labute approximate surface area is 209 Å². The molecule has 0 atom stereocenters. The summed E-state index contributed by atoms with van der Waals surface area (Å²) in [4.78, 5) is 26.7. The van der Waals surface area contributed by atoms with Crippen LogP contribution in [0.3, 0.4) is 0 Å². The number of nitrogens with zero attached hydrogens (tertiary/aromatic N) is 2. The number of piperazine rings is 1. The Morgan fingerprint density at radius 3 is 2.21 bits per heavy atom. The number of amides is 1. The van der Waals surface area contributed by atoms with Crippen molar-refractivity contribution in [3.63, 3.8) is 0 Å². The normalized spacial score (nSPS) is 14.6. The smallest absolute Gasteiger partial charge is 0.260 e. The molecule has 0 unspecified atom stereocenters. The average Bonchev–Trinajstić information content (AvgIpc) is 2.84. The van der Waals surface area contributed by atoms with E-state index in [1.165, 1.54) is 16.4 Å². The molecule has 1 saturated heterocycles. The van der Waals surface area contributed by atoms with E-state index in [1.807, 2.05) is 13.8 Å². The molecule has 7 nitrogen and oxygen atoms in total. The minimum absolute atomic E-state index is 0.0400. The number of sulfonamides is 1.